The van der Waals surface area contributed by atoms with Crippen LogP contribution in [0, 0.1) is 0 Å². The molecule has 2 aromatic carbocycles. The van der Waals surface area contributed by atoms with E-state index in [1.165, 1.54) is 38.0 Å². The quantitative estimate of drug-likeness (QED) is 0.565. The average molecular weight is 422 g/mol. The van der Waals surface area contributed by atoms with Crippen molar-refractivity contribution in [1.29, 1.82) is 0 Å². The minimum absolute atomic E-state index is 0.0623. The summed E-state index contributed by atoms with van der Waals surface area (Å²) in [5.41, 5.74) is 0.579. The Morgan fingerprint density at radius 1 is 1.07 bits per heavy atom. The van der Waals surface area contributed by atoms with Crippen LogP contribution in [0.25, 0.3) is 10.2 Å². The fourth-order valence-corrected chi connectivity index (χ4v) is 4.82. The Hall–Kier alpha value is -2.85. The summed E-state index contributed by atoms with van der Waals surface area (Å²) in [6.45, 7) is -0.199. The first kappa shape index (κ1) is 19.9. The predicted octanol–water partition coefficient (Wildman–Crippen LogP) is 2.18. The van der Waals surface area contributed by atoms with Gasteiger partial charge in [0.05, 0.1) is 36.4 Å². The number of thiazole rings is 1. The van der Waals surface area contributed by atoms with Crippen LogP contribution in [0.4, 0.5) is 0 Å². The molecule has 0 spiro atoms. The third-order valence-electron chi connectivity index (χ3n) is 3.94. The van der Waals surface area contributed by atoms with E-state index in [2.05, 4.69) is 4.40 Å². The number of methoxy groups -OCH3 is 3. The highest BCUT2D eigenvalue weighted by molar-refractivity contribution is 7.90. The van der Waals surface area contributed by atoms with E-state index in [1.807, 2.05) is 0 Å². The van der Waals surface area contributed by atoms with Crippen molar-refractivity contribution in [2.24, 2.45) is 4.40 Å². The highest BCUT2D eigenvalue weighted by Crippen LogP contribution is 2.33. The molecule has 0 N–H and O–H groups in total. The lowest BCUT2D eigenvalue weighted by atomic mass is 10.3. The van der Waals surface area contributed by atoms with Gasteiger partial charge in [0.2, 0.25) is 4.80 Å². The van der Waals surface area contributed by atoms with Crippen LogP contribution in [0.2, 0.25) is 0 Å². The second-order valence-electron chi connectivity index (χ2n) is 5.60. The van der Waals surface area contributed by atoms with Crippen molar-refractivity contribution < 1.29 is 27.4 Å². The highest BCUT2D eigenvalue weighted by atomic mass is 32.2. The molecule has 148 valence electrons. The maximum absolute atomic E-state index is 12.7. The van der Waals surface area contributed by atoms with Gasteiger partial charge in [-0.1, -0.05) is 29.5 Å². The Balaban J connectivity index is 2.29. The Labute approximate surface area is 165 Å². The fraction of sp³-hybridized carbons (Fsp3) is 0.222. The number of hydrogen-bond donors (Lipinski definition) is 0. The van der Waals surface area contributed by atoms with Crippen molar-refractivity contribution in [3.63, 3.8) is 0 Å². The van der Waals surface area contributed by atoms with Gasteiger partial charge in [-0.3, -0.25) is 4.79 Å². The van der Waals surface area contributed by atoms with Gasteiger partial charge in [0, 0.05) is 12.1 Å². The minimum atomic E-state index is -3.96. The Morgan fingerprint density at radius 2 is 1.71 bits per heavy atom. The Morgan fingerprint density at radius 3 is 2.32 bits per heavy atom. The van der Waals surface area contributed by atoms with E-state index in [0.29, 0.717) is 21.7 Å². The molecule has 8 nitrogen and oxygen atoms in total. The van der Waals surface area contributed by atoms with Gasteiger partial charge in [-0.2, -0.15) is 8.42 Å². The third-order valence-corrected chi connectivity index (χ3v) is 6.38. The van der Waals surface area contributed by atoms with Gasteiger partial charge >= 0.3 is 5.97 Å². The molecular formula is C18H18N2O6S2. The van der Waals surface area contributed by atoms with E-state index >= 15 is 0 Å². The first-order valence-corrected chi connectivity index (χ1v) is 10.3. The third kappa shape index (κ3) is 3.87. The van der Waals surface area contributed by atoms with Crippen LogP contribution < -0.4 is 14.3 Å². The van der Waals surface area contributed by atoms with Crippen LogP contribution in [0.15, 0.2) is 51.8 Å². The molecule has 0 bridgehead atoms. The lowest BCUT2D eigenvalue weighted by Crippen LogP contribution is -2.22. The summed E-state index contributed by atoms with van der Waals surface area (Å²) >= 11 is 1.12. The molecule has 1 heterocycles. The monoisotopic (exact) mass is 422 g/mol. The number of ether oxygens (including phenoxy) is 3. The van der Waals surface area contributed by atoms with Crippen LogP contribution in [0.5, 0.6) is 11.5 Å². The molecule has 0 aliphatic heterocycles. The molecule has 3 aromatic rings. The topological polar surface area (TPSA) is 96.2 Å². The molecule has 0 unspecified atom stereocenters. The zero-order chi connectivity index (χ0) is 20.3. The number of rotatable bonds is 6. The Bertz CT molecular complexity index is 1180. The van der Waals surface area contributed by atoms with E-state index in [9.17, 15) is 13.2 Å². The van der Waals surface area contributed by atoms with Crippen molar-refractivity contribution in [3.8, 4) is 11.5 Å². The molecule has 0 atom stereocenters. The summed E-state index contributed by atoms with van der Waals surface area (Å²) in [6, 6.07) is 11.2. The number of carbonyl (C=O) groups excluding carboxylic acids is 1. The summed E-state index contributed by atoms with van der Waals surface area (Å²) < 4.78 is 46.9. The largest absolute Gasteiger partial charge is 0.493 e. The number of benzene rings is 2. The van der Waals surface area contributed by atoms with Crippen LogP contribution in [-0.2, 0) is 26.1 Å². The normalized spacial score (nSPS) is 12.2. The lowest BCUT2D eigenvalue weighted by Gasteiger charge is -2.09. The lowest BCUT2D eigenvalue weighted by molar-refractivity contribution is -0.141. The first-order valence-electron chi connectivity index (χ1n) is 8.08. The summed E-state index contributed by atoms with van der Waals surface area (Å²) in [6.07, 6.45) is 0. The van der Waals surface area contributed by atoms with Crippen LogP contribution in [-0.4, -0.2) is 40.3 Å². The molecule has 0 amide bonds. The zero-order valence-electron chi connectivity index (χ0n) is 15.4. The van der Waals surface area contributed by atoms with Crippen molar-refractivity contribution in [1.82, 2.24) is 4.57 Å². The number of aromatic nitrogens is 1. The van der Waals surface area contributed by atoms with Gasteiger partial charge in [0.25, 0.3) is 10.0 Å². The van der Waals surface area contributed by atoms with Crippen molar-refractivity contribution in [2.75, 3.05) is 21.3 Å². The van der Waals surface area contributed by atoms with Gasteiger partial charge in [0.15, 0.2) is 11.5 Å². The van der Waals surface area contributed by atoms with Gasteiger partial charge in [-0.25, -0.2) is 0 Å². The molecular weight excluding hydrogens is 404 g/mol. The predicted molar refractivity (Wildman–Crippen MR) is 104 cm³/mol. The summed E-state index contributed by atoms with van der Waals surface area (Å²) in [5.74, 6) is 0.399. The molecule has 10 heteroatoms. The fourth-order valence-electron chi connectivity index (χ4n) is 2.56. The maximum Gasteiger partial charge on any atom is 0.325 e. The van der Waals surface area contributed by atoms with E-state index in [4.69, 9.17) is 14.2 Å². The number of esters is 1. The van der Waals surface area contributed by atoms with Crippen molar-refractivity contribution >= 4 is 37.5 Å². The minimum Gasteiger partial charge on any atom is -0.493 e. The molecule has 0 radical (unpaired) electrons. The maximum atomic E-state index is 12.7. The number of fused-ring (bicyclic) bond motifs is 1. The number of carbonyl (C=O) groups is 1. The number of sulfonamides is 1. The summed E-state index contributed by atoms with van der Waals surface area (Å²) in [5, 5.41) is 0. The average Bonchev–Trinajstić information content (AvgIpc) is 3.02. The standard InChI is InChI=1S/C18H18N2O6S2/c1-24-14-9-13-16(10-15(14)25-2)27-18(20(13)11-17(21)26-3)19-28(22,23)12-7-5-4-6-8-12/h4-10H,11H2,1-3H3. The second-order valence-corrected chi connectivity index (χ2v) is 8.21. The molecule has 0 saturated carbocycles. The van der Waals surface area contributed by atoms with E-state index in [-0.39, 0.29) is 16.2 Å². The van der Waals surface area contributed by atoms with Crippen LogP contribution >= 0.6 is 11.3 Å². The Kier molecular flexibility index (Phi) is 5.71. The second kappa shape index (κ2) is 8.03. The van der Waals surface area contributed by atoms with Gasteiger partial charge in [-0.05, 0) is 12.1 Å². The van der Waals surface area contributed by atoms with Crippen LogP contribution in [0.1, 0.15) is 0 Å². The molecule has 1 aromatic heterocycles. The van der Waals surface area contributed by atoms with Gasteiger partial charge < -0.3 is 18.8 Å². The smallest absolute Gasteiger partial charge is 0.325 e. The zero-order valence-corrected chi connectivity index (χ0v) is 17.0. The molecule has 0 fully saturated rings. The van der Waals surface area contributed by atoms with Crippen molar-refractivity contribution in [2.45, 2.75) is 11.4 Å². The van der Waals surface area contributed by atoms with E-state index < -0.39 is 16.0 Å². The first-order chi connectivity index (χ1) is 13.4. The molecule has 3 rings (SSSR count). The van der Waals surface area contributed by atoms with Crippen molar-refractivity contribution in [3.05, 3.63) is 47.3 Å². The van der Waals surface area contributed by atoms with E-state index in [0.717, 1.165) is 11.3 Å². The van der Waals surface area contributed by atoms with Gasteiger partial charge in [0.1, 0.15) is 6.54 Å². The SMILES string of the molecule is COC(=O)Cn1c(=NS(=O)(=O)c2ccccc2)sc2cc(OC)c(OC)cc21. The van der Waals surface area contributed by atoms with E-state index in [1.54, 1.807) is 30.3 Å². The van der Waals surface area contributed by atoms with Gasteiger partial charge in [-0.15, -0.1) is 4.40 Å². The molecule has 0 saturated heterocycles. The molecule has 0 aliphatic carbocycles. The number of hydrogen-bond acceptors (Lipinski definition) is 7. The van der Waals surface area contributed by atoms with Crippen LogP contribution in [0.3, 0.4) is 0 Å². The summed E-state index contributed by atoms with van der Waals surface area (Å²) in [7, 11) is 0.302. The molecule has 0 aliphatic rings. The molecule has 28 heavy (non-hydrogen) atoms. The summed E-state index contributed by atoms with van der Waals surface area (Å²) in [4.78, 5) is 12.1. The number of nitrogens with zero attached hydrogens (tertiary/aromatic N) is 2. The highest BCUT2D eigenvalue weighted by Gasteiger charge is 2.18.